The number of methoxy groups -OCH3 is 1. The molecule has 2 fully saturated rings. The molecule has 2 saturated heterocycles. The Balaban J connectivity index is 1.52. The highest BCUT2D eigenvalue weighted by atomic mass is 32.2. The molecule has 8 heteroatoms. The maximum Gasteiger partial charge on any atom is 0.241 e. The number of thiocarbonyl (C=S) groups is 1. The number of carbonyl (C=O) groups excluding carboxylic acids is 2. The zero-order valence-electron chi connectivity index (χ0n) is 14.3. The topological polar surface area (TPSA) is 53.1 Å². The monoisotopic (exact) mass is 379 g/mol. The van der Waals surface area contributed by atoms with E-state index in [4.69, 9.17) is 17.0 Å². The lowest BCUT2D eigenvalue weighted by Gasteiger charge is -2.36. The Kier molecular flexibility index (Phi) is 5.48. The highest BCUT2D eigenvalue weighted by Gasteiger charge is 2.37. The van der Waals surface area contributed by atoms with Crippen molar-refractivity contribution >= 4 is 45.8 Å². The summed E-state index contributed by atoms with van der Waals surface area (Å²) < 4.78 is 5.73. The summed E-state index contributed by atoms with van der Waals surface area (Å²) in [7, 11) is 3.31. The molecule has 1 unspecified atom stereocenters. The number of ether oxygens (including phenoxy) is 1. The molecule has 0 saturated carbocycles. The third kappa shape index (κ3) is 3.90. The van der Waals surface area contributed by atoms with Gasteiger partial charge >= 0.3 is 0 Å². The second kappa shape index (κ2) is 7.61. The van der Waals surface area contributed by atoms with Crippen molar-refractivity contribution in [1.82, 2.24) is 9.80 Å². The Labute approximate surface area is 157 Å². The minimum absolute atomic E-state index is 0.0262. The van der Waals surface area contributed by atoms with Gasteiger partial charge in [0.1, 0.15) is 10.1 Å². The van der Waals surface area contributed by atoms with Crippen LogP contribution in [-0.4, -0.2) is 71.5 Å². The van der Waals surface area contributed by atoms with Crippen LogP contribution in [0.5, 0.6) is 5.75 Å². The number of piperazine rings is 1. The van der Waals surface area contributed by atoms with Gasteiger partial charge in [-0.25, -0.2) is 0 Å². The second-order valence-electron chi connectivity index (χ2n) is 6.04. The van der Waals surface area contributed by atoms with E-state index in [0.717, 1.165) is 24.5 Å². The smallest absolute Gasteiger partial charge is 0.241 e. The molecule has 1 aromatic rings. The van der Waals surface area contributed by atoms with Gasteiger partial charge in [-0.2, -0.15) is 0 Å². The van der Waals surface area contributed by atoms with Crippen molar-refractivity contribution in [2.24, 2.45) is 0 Å². The molecule has 3 rings (SSSR count). The molecule has 0 radical (unpaired) electrons. The van der Waals surface area contributed by atoms with Crippen molar-refractivity contribution in [3.63, 3.8) is 0 Å². The van der Waals surface area contributed by atoms with Crippen molar-refractivity contribution < 1.29 is 14.3 Å². The fourth-order valence-electron chi connectivity index (χ4n) is 2.98. The van der Waals surface area contributed by atoms with Crippen molar-refractivity contribution in [2.75, 3.05) is 45.2 Å². The summed E-state index contributed by atoms with van der Waals surface area (Å²) in [6.07, 6.45) is 0.219. The zero-order chi connectivity index (χ0) is 18.0. The first-order chi connectivity index (χ1) is 12.0. The van der Waals surface area contributed by atoms with Gasteiger partial charge in [-0.3, -0.25) is 14.5 Å². The molecule has 0 aromatic heterocycles. The van der Waals surface area contributed by atoms with Crippen LogP contribution in [0.15, 0.2) is 24.3 Å². The summed E-state index contributed by atoms with van der Waals surface area (Å²) in [5.41, 5.74) is 1.13. The van der Waals surface area contributed by atoms with E-state index in [1.54, 1.807) is 14.2 Å². The summed E-state index contributed by atoms with van der Waals surface area (Å²) >= 11 is 6.43. The van der Waals surface area contributed by atoms with E-state index in [2.05, 4.69) is 4.90 Å². The molecule has 0 N–H and O–H groups in total. The lowest BCUT2D eigenvalue weighted by molar-refractivity contribution is -0.134. The normalized spacial score (nSPS) is 21.0. The van der Waals surface area contributed by atoms with E-state index in [-0.39, 0.29) is 23.5 Å². The summed E-state index contributed by atoms with van der Waals surface area (Å²) in [4.78, 5) is 30.1. The molecule has 0 aliphatic carbocycles. The molecule has 134 valence electrons. The summed E-state index contributed by atoms with van der Waals surface area (Å²) in [5, 5.41) is -0.371. The molecular weight excluding hydrogens is 358 g/mol. The predicted octanol–water partition coefficient (Wildman–Crippen LogP) is 1.59. The maximum absolute atomic E-state index is 12.5. The largest absolute Gasteiger partial charge is 0.497 e. The van der Waals surface area contributed by atoms with E-state index in [1.807, 2.05) is 29.2 Å². The van der Waals surface area contributed by atoms with Crippen LogP contribution in [0.25, 0.3) is 0 Å². The first kappa shape index (κ1) is 18.0. The van der Waals surface area contributed by atoms with E-state index >= 15 is 0 Å². The van der Waals surface area contributed by atoms with Crippen LogP contribution >= 0.6 is 24.0 Å². The highest BCUT2D eigenvalue weighted by molar-refractivity contribution is 8.24. The quantitative estimate of drug-likeness (QED) is 0.741. The van der Waals surface area contributed by atoms with Crippen LogP contribution in [-0.2, 0) is 9.59 Å². The van der Waals surface area contributed by atoms with Crippen LogP contribution in [0.3, 0.4) is 0 Å². The van der Waals surface area contributed by atoms with Crippen LogP contribution in [0.1, 0.15) is 6.42 Å². The molecule has 6 nitrogen and oxygen atoms in total. The average Bonchev–Trinajstić information content (AvgIpc) is 2.88. The SMILES string of the molecule is COc1ccc(N2CCN(C(=O)CC3SC(=S)N(C)C3=O)CC2)cc1. The minimum atomic E-state index is -0.371. The Hall–Kier alpha value is -1.80. The fourth-order valence-corrected chi connectivity index (χ4v) is 4.40. The maximum atomic E-state index is 12.5. The first-order valence-electron chi connectivity index (χ1n) is 8.14. The highest BCUT2D eigenvalue weighted by Crippen LogP contribution is 2.29. The molecule has 0 spiro atoms. The minimum Gasteiger partial charge on any atom is -0.497 e. The van der Waals surface area contributed by atoms with Crippen molar-refractivity contribution in [2.45, 2.75) is 11.7 Å². The van der Waals surface area contributed by atoms with Gasteiger partial charge in [-0.1, -0.05) is 24.0 Å². The predicted molar refractivity (Wildman–Crippen MR) is 103 cm³/mol. The number of amides is 2. The average molecular weight is 380 g/mol. The van der Waals surface area contributed by atoms with Gasteiger partial charge in [-0.15, -0.1) is 0 Å². The molecule has 2 aliphatic rings. The molecule has 0 bridgehead atoms. The Bertz CT molecular complexity index is 672. The zero-order valence-corrected chi connectivity index (χ0v) is 15.9. The number of carbonyl (C=O) groups is 2. The number of thioether (sulfide) groups is 1. The third-order valence-corrected chi connectivity index (χ3v) is 6.24. The van der Waals surface area contributed by atoms with Gasteiger partial charge in [0.05, 0.1) is 12.4 Å². The van der Waals surface area contributed by atoms with Gasteiger partial charge in [0.2, 0.25) is 11.8 Å². The Morgan fingerprint density at radius 3 is 2.40 bits per heavy atom. The van der Waals surface area contributed by atoms with Crippen LogP contribution in [0, 0.1) is 0 Å². The Morgan fingerprint density at radius 2 is 1.88 bits per heavy atom. The molecule has 2 aliphatic heterocycles. The van der Waals surface area contributed by atoms with Gasteiger partial charge in [0.15, 0.2) is 0 Å². The van der Waals surface area contributed by atoms with E-state index < -0.39 is 0 Å². The molecular formula is C17H21N3O3S2. The summed E-state index contributed by atoms with van der Waals surface area (Å²) in [6.45, 7) is 2.89. The van der Waals surface area contributed by atoms with Gasteiger partial charge < -0.3 is 14.5 Å². The van der Waals surface area contributed by atoms with Crippen molar-refractivity contribution in [1.29, 1.82) is 0 Å². The number of benzene rings is 1. The van der Waals surface area contributed by atoms with Crippen LogP contribution in [0.4, 0.5) is 5.69 Å². The van der Waals surface area contributed by atoms with Gasteiger partial charge in [-0.05, 0) is 24.3 Å². The number of rotatable bonds is 4. The van der Waals surface area contributed by atoms with Crippen LogP contribution < -0.4 is 9.64 Å². The van der Waals surface area contributed by atoms with Crippen molar-refractivity contribution in [3.8, 4) is 5.75 Å². The van der Waals surface area contributed by atoms with E-state index in [1.165, 1.54) is 16.7 Å². The summed E-state index contributed by atoms with van der Waals surface area (Å²) in [5.74, 6) is 0.790. The standard InChI is InChI=1S/C17H21N3O3S2/c1-18-16(22)14(25-17(18)24)11-15(21)20-9-7-19(8-10-20)12-3-5-13(23-2)6-4-12/h3-6,14H,7-11H2,1-2H3. The van der Waals surface area contributed by atoms with Crippen molar-refractivity contribution in [3.05, 3.63) is 24.3 Å². The first-order valence-corrected chi connectivity index (χ1v) is 9.43. The third-order valence-electron chi connectivity index (χ3n) is 4.55. The molecule has 2 amide bonds. The molecule has 2 heterocycles. The lowest BCUT2D eigenvalue weighted by Crippen LogP contribution is -2.49. The number of hydrogen-bond donors (Lipinski definition) is 0. The number of hydrogen-bond acceptors (Lipinski definition) is 6. The fraction of sp³-hybridized carbons (Fsp3) is 0.471. The lowest BCUT2D eigenvalue weighted by atomic mass is 10.2. The number of nitrogens with zero attached hydrogens (tertiary/aromatic N) is 3. The Morgan fingerprint density at radius 1 is 1.24 bits per heavy atom. The molecule has 1 aromatic carbocycles. The van der Waals surface area contributed by atoms with E-state index in [0.29, 0.717) is 17.4 Å². The van der Waals surface area contributed by atoms with Crippen LogP contribution in [0.2, 0.25) is 0 Å². The van der Waals surface area contributed by atoms with Gasteiger partial charge in [0.25, 0.3) is 0 Å². The van der Waals surface area contributed by atoms with Gasteiger partial charge in [0, 0.05) is 45.3 Å². The number of anilines is 1. The molecule has 1 atom stereocenters. The van der Waals surface area contributed by atoms with E-state index in [9.17, 15) is 9.59 Å². The summed E-state index contributed by atoms with van der Waals surface area (Å²) in [6, 6.07) is 7.94. The second-order valence-corrected chi connectivity index (χ2v) is 7.88. The molecule has 25 heavy (non-hydrogen) atoms.